The molecule has 18 heavy (non-hydrogen) atoms. The average molecular weight is 241 g/mol. The van der Waals surface area contributed by atoms with Crippen LogP contribution in [0, 0.1) is 0 Å². The first kappa shape index (κ1) is 11.5. The zero-order valence-electron chi connectivity index (χ0n) is 11.1. The van der Waals surface area contributed by atoms with Gasteiger partial charge in [-0.2, -0.15) is 5.10 Å². The highest BCUT2D eigenvalue weighted by atomic mass is 15.2. The van der Waals surface area contributed by atoms with Crippen molar-refractivity contribution >= 4 is 0 Å². The van der Waals surface area contributed by atoms with Crippen LogP contribution in [0.2, 0.25) is 0 Å². The van der Waals surface area contributed by atoms with Gasteiger partial charge in [-0.3, -0.25) is 9.58 Å². The van der Waals surface area contributed by atoms with Gasteiger partial charge in [0.15, 0.2) is 0 Å². The lowest BCUT2D eigenvalue weighted by Crippen LogP contribution is -2.30. The minimum absolute atomic E-state index is 1.10. The Morgan fingerprint density at radius 1 is 1.22 bits per heavy atom. The highest BCUT2D eigenvalue weighted by Gasteiger charge is 2.15. The molecule has 0 aliphatic carbocycles. The van der Waals surface area contributed by atoms with Crippen molar-refractivity contribution in [3.05, 3.63) is 41.7 Å². The van der Waals surface area contributed by atoms with Gasteiger partial charge in [-0.05, 0) is 29.7 Å². The van der Waals surface area contributed by atoms with Crippen LogP contribution in [0.4, 0.5) is 0 Å². The summed E-state index contributed by atoms with van der Waals surface area (Å²) in [5.74, 6) is 0. The summed E-state index contributed by atoms with van der Waals surface area (Å²) in [6, 6.07) is 6.83. The highest BCUT2D eigenvalue weighted by molar-refractivity contribution is 5.63. The van der Waals surface area contributed by atoms with Crippen molar-refractivity contribution in [2.75, 3.05) is 13.1 Å². The molecule has 3 heteroatoms. The molecule has 0 unspecified atom stereocenters. The molecule has 0 fully saturated rings. The van der Waals surface area contributed by atoms with Gasteiger partial charge < -0.3 is 0 Å². The Morgan fingerprint density at radius 3 is 2.83 bits per heavy atom. The fourth-order valence-electron chi connectivity index (χ4n) is 2.63. The van der Waals surface area contributed by atoms with Crippen LogP contribution in [0.25, 0.3) is 11.1 Å². The smallest absolute Gasteiger partial charge is 0.0568 e. The standard InChI is InChI=1S/C15H19N3/c1-3-18-7-6-13-8-12(4-5-14(13)11-18)15-9-16-17(2)10-15/h4-5,8-10H,3,6-7,11H2,1-2H3. The number of aryl methyl sites for hydroxylation is 1. The maximum absolute atomic E-state index is 4.24. The number of hydrogen-bond donors (Lipinski definition) is 0. The zero-order chi connectivity index (χ0) is 12.5. The van der Waals surface area contributed by atoms with Crippen LogP contribution in [0.1, 0.15) is 18.1 Å². The van der Waals surface area contributed by atoms with E-state index in [1.807, 2.05) is 17.9 Å². The Hall–Kier alpha value is -1.61. The fraction of sp³-hybridized carbons (Fsp3) is 0.400. The molecule has 0 atom stereocenters. The summed E-state index contributed by atoms with van der Waals surface area (Å²) >= 11 is 0. The topological polar surface area (TPSA) is 21.1 Å². The van der Waals surface area contributed by atoms with Gasteiger partial charge in [-0.25, -0.2) is 0 Å². The Morgan fingerprint density at radius 2 is 2.11 bits per heavy atom. The van der Waals surface area contributed by atoms with Gasteiger partial charge in [0.1, 0.15) is 0 Å². The van der Waals surface area contributed by atoms with Gasteiger partial charge in [0.25, 0.3) is 0 Å². The third kappa shape index (κ3) is 2.06. The van der Waals surface area contributed by atoms with Gasteiger partial charge in [0.05, 0.1) is 6.20 Å². The predicted octanol–water partition coefficient (Wildman–Crippen LogP) is 2.47. The quantitative estimate of drug-likeness (QED) is 0.805. The molecule has 2 aromatic rings. The zero-order valence-corrected chi connectivity index (χ0v) is 11.1. The van der Waals surface area contributed by atoms with E-state index in [1.54, 1.807) is 0 Å². The maximum atomic E-state index is 4.24. The number of benzene rings is 1. The molecular formula is C15H19N3. The number of nitrogens with zero attached hydrogens (tertiary/aromatic N) is 3. The van der Waals surface area contributed by atoms with E-state index in [-0.39, 0.29) is 0 Å². The van der Waals surface area contributed by atoms with E-state index in [4.69, 9.17) is 0 Å². The first-order valence-corrected chi connectivity index (χ1v) is 6.59. The van der Waals surface area contributed by atoms with Gasteiger partial charge in [-0.15, -0.1) is 0 Å². The molecule has 1 aromatic carbocycles. The van der Waals surface area contributed by atoms with Crippen LogP contribution >= 0.6 is 0 Å². The van der Waals surface area contributed by atoms with Crippen molar-refractivity contribution in [1.82, 2.24) is 14.7 Å². The third-order valence-corrected chi connectivity index (χ3v) is 3.78. The van der Waals surface area contributed by atoms with Gasteiger partial charge in [-0.1, -0.05) is 25.1 Å². The third-order valence-electron chi connectivity index (χ3n) is 3.78. The Kier molecular flexibility index (Phi) is 2.92. The van der Waals surface area contributed by atoms with E-state index < -0.39 is 0 Å². The summed E-state index contributed by atoms with van der Waals surface area (Å²) in [6.45, 7) is 5.65. The lowest BCUT2D eigenvalue weighted by atomic mass is 9.95. The molecule has 0 bridgehead atoms. The van der Waals surface area contributed by atoms with E-state index in [0.717, 1.165) is 19.5 Å². The average Bonchev–Trinajstić information content (AvgIpc) is 2.84. The molecule has 0 saturated heterocycles. The van der Waals surface area contributed by atoms with Crippen molar-refractivity contribution in [3.63, 3.8) is 0 Å². The fourth-order valence-corrected chi connectivity index (χ4v) is 2.63. The molecule has 2 heterocycles. The largest absolute Gasteiger partial charge is 0.299 e. The van der Waals surface area contributed by atoms with Crippen molar-refractivity contribution < 1.29 is 0 Å². The molecule has 0 N–H and O–H groups in total. The van der Waals surface area contributed by atoms with Crippen molar-refractivity contribution in [2.45, 2.75) is 19.9 Å². The van der Waals surface area contributed by atoms with Crippen LogP contribution in [-0.4, -0.2) is 27.8 Å². The van der Waals surface area contributed by atoms with Crippen LogP contribution in [0.5, 0.6) is 0 Å². The van der Waals surface area contributed by atoms with Gasteiger partial charge >= 0.3 is 0 Å². The monoisotopic (exact) mass is 241 g/mol. The number of aromatic nitrogens is 2. The van der Waals surface area contributed by atoms with Crippen molar-refractivity contribution in [3.8, 4) is 11.1 Å². The van der Waals surface area contributed by atoms with Crippen LogP contribution < -0.4 is 0 Å². The second-order valence-electron chi connectivity index (χ2n) is 5.00. The molecule has 0 amide bonds. The van der Waals surface area contributed by atoms with Gasteiger partial charge in [0, 0.05) is 31.9 Å². The maximum Gasteiger partial charge on any atom is 0.0568 e. The molecule has 1 aliphatic rings. The summed E-state index contributed by atoms with van der Waals surface area (Å²) in [5.41, 5.74) is 5.47. The molecule has 1 aromatic heterocycles. The Bertz CT molecular complexity index is 557. The number of fused-ring (bicyclic) bond motifs is 1. The summed E-state index contributed by atoms with van der Waals surface area (Å²) in [5, 5.41) is 4.24. The van der Waals surface area contributed by atoms with Crippen LogP contribution in [0.3, 0.4) is 0 Å². The van der Waals surface area contributed by atoms with Crippen molar-refractivity contribution in [1.29, 1.82) is 0 Å². The summed E-state index contributed by atoms with van der Waals surface area (Å²) in [4.78, 5) is 2.49. The summed E-state index contributed by atoms with van der Waals surface area (Å²) in [6.07, 6.45) is 5.17. The molecule has 0 spiro atoms. The molecule has 94 valence electrons. The molecule has 3 rings (SSSR count). The first-order valence-electron chi connectivity index (χ1n) is 6.59. The minimum atomic E-state index is 1.10. The molecule has 0 radical (unpaired) electrons. The normalized spacial score (nSPS) is 15.7. The number of likely N-dealkylation sites (N-methyl/N-ethyl adjacent to an activating group) is 1. The van der Waals surface area contributed by atoms with Crippen LogP contribution in [0.15, 0.2) is 30.6 Å². The van der Waals surface area contributed by atoms with Gasteiger partial charge in [0.2, 0.25) is 0 Å². The van der Waals surface area contributed by atoms with E-state index in [0.29, 0.717) is 0 Å². The lowest BCUT2D eigenvalue weighted by molar-refractivity contribution is 0.268. The number of hydrogen-bond acceptors (Lipinski definition) is 2. The second-order valence-corrected chi connectivity index (χ2v) is 5.00. The van der Waals surface area contributed by atoms with Crippen molar-refractivity contribution in [2.24, 2.45) is 7.05 Å². The summed E-state index contributed by atoms with van der Waals surface area (Å²) < 4.78 is 1.85. The lowest BCUT2D eigenvalue weighted by Gasteiger charge is -2.27. The predicted molar refractivity (Wildman–Crippen MR) is 73.3 cm³/mol. The Balaban J connectivity index is 1.92. The second kappa shape index (κ2) is 4.58. The minimum Gasteiger partial charge on any atom is -0.299 e. The molecule has 3 nitrogen and oxygen atoms in total. The molecule has 1 aliphatic heterocycles. The van der Waals surface area contributed by atoms with E-state index in [9.17, 15) is 0 Å². The van der Waals surface area contributed by atoms with E-state index in [2.05, 4.69) is 41.3 Å². The highest BCUT2D eigenvalue weighted by Crippen LogP contribution is 2.25. The molecular weight excluding hydrogens is 222 g/mol. The number of rotatable bonds is 2. The SMILES string of the molecule is CCN1CCc2cc(-c3cnn(C)c3)ccc2C1. The van der Waals surface area contributed by atoms with Crippen LogP contribution in [-0.2, 0) is 20.0 Å². The Labute approximate surface area is 108 Å². The summed E-state index contributed by atoms with van der Waals surface area (Å²) in [7, 11) is 1.96. The molecule has 0 saturated carbocycles. The van der Waals surface area contributed by atoms with E-state index in [1.165, 1.54) is 28.8 Å². The first-order chi connectivity index (χ1) is 8.76. The van der Waals surface area contributed by atoms with E-state index >= 15 is 0 Å².